The van der Waals surface area contributed by atoms with Gasteiger partial charge in [-0.3, -0.25) is 4.79 Å². The summed E-state index contributed by atoms with van der Waals surface area (Å²) in [5.74, 6) is 2.98. The lowest BCUT2D eigenvalue weighted by Gasteiger charge is -2.37. The zero-order valence-electron chi connectivity index (χ0n) is 16.2. The summed E-state index contributed by atoms with van der Waals surface area (Å²) in [5.41, 5.74) is 0. The number of carbonyl (C=O) groups is 1. The first-order valence-corrected chi connectivity index (χ1v) is 9.90. The van der Waals surface area contributed by atoms with Crippen molar-refractivity contribution in [2.75, 3.05) is 20.2 Å². The highest BCUT2D eigenvalue weighted by Crippen LogP contribution is 2.34. The predicted molar refractivity (Wildman–Crippen MR) is 99.1 cm³/mol. The van der Waals surface area contributed by atoms with Gasteiger partial charge >= 0.3 is 0 Å². The van der Waals surface area contributed by atoms with Crippen molar-refractivity contribution in [2.45, 2.75) is 58.5 Å². The number of aromatic nitrogens is 2. The standard InChI is InChI=1S/C20H31N3O3/c1-14(2)15-6-8-16(9-7-15)20(24)23-12-4-5-17(13-23)26-19-11-10-18(25-3)21-22-19/h10-11,14-17H,4-9,12-13H2,1-3H3. The molecule has 2 fully saturated rings. The van der Waals surface area contributed by atoms with Crippen molar-refractivity contribution in [3.05, 3.63) is 12.1 Å². The molecule has 1 atom stereocenters. The first kappa shape index (κ1) is 18.9. The number of hydrogen-bond acceptors (Lipinski definition) is 5. The molecule has 144 valence electrons. The van der Waals surface area contributed by atoms with Gasteiger partial charge in [0.05, 0.1) is 13.7 Å². The molecule has 26 heavy (non-hydrogen) atoms. The minimum absolute atomic E-state index is 0.0117. The van der Waals surface area contributed by atoms with E-state index in [0.717, 1.165) is 44.1 Å². The first-order valence-electron chi connectivity index (χ1n) is 9.90. The summed E-state index contributed by atoms with van der Waals surface area (Å²) in [6.45, 7) is 6.08. The number of ether oxygens (including phenoxy) is 2. The molecule has 6 heteroatoms. The lowest BCUT2D eigenvalue weighted by atomic mass is 9.76. The maximum atomic E-state index is 12.9. The van der Waals surface area contributed by atoms with Crippen molar-refractivity contribution in [3.63, 3.8) is 0 Å². The number of nitrogens with zero attached hydrogens (tertiary/aromatic N) is 3. The van der Waals surface area contributed by atoms with Gasteiger partial charge in [0.25, 0.3) is 0 Å². The van der Waals surface area contributed by atoms with Crippen LogP contribution in [0.25, 0.3) is 0 Å². The molecule has 1 aromatic rings. The van der Waals surface area contributed by atoms with Crippen LogP contribution in [0.15, 0.2) is 12.1 Å². The second kappa shape index (κ2) is 8.69. The SMILES string of the molecule is COc1ccc(OC2CCCN(C(=O)C3CCC(C(C)C)CC3)C2)nn1. The molecular formula is C20H31N3O3. The van der Waals surface area contributed by atoms with Crippen LogP contribution >= 0.6 is 0 Å². The zero-order valence-corrected chi connectivity index (χ0v) is 16.2. The number of rotatable bonds is 5. The molecule has 1 saturated heterocycles. The zero-order chi connectivity index (χ0) is 18.5. The third-order valence-electron chi connectivity index (χ3n) is 5.87. The van der Waals surface area contributed by atoms with Crippen LogP contribution in [0.1, 0.15) is 52.4 Å². The number of likely N-dealkylation sites (tertiary alicyclic amines) is 1. The lowest BCUT2D eigenvalue weighted by Crippen LogP contribution is -2.47. The van der Waals surface area contributed by atoms with Crippen molar-refractivity contribution < 1.29 is 14.3 Å². The van der Waals surface area contributed by atoms with Crippen LogP contribution in [-0.2, 0) is 4.79 Å². The van der Waals surface area contributed by atoms with E-state index in [4.69, 9.17) is 9.47 Å². The molecule has 1 aliphatic heterocycles. The Labute approximate surface area is 156 Å². The third-order valence-corrected chi connectivity index (χ3v) is 5.87. The summed E-state index contributed by atoms with van der Waals surface area (Å²) in [7, 11) is 1.56. The smallest absolute Gasteiger partial charge is 0.233 e. The van der Waals surface area contributed by atoms with Crippen LogP contribution in [0.3, 0.4) is 0 Å². The van der Waals surface area contributed by atoms with Gasteiger partial charge in [-0.1, -0.05) is 13.8 Å². The second-order valence-corrected chi connectivity index (χ2v) is 7.94. The maximum absolute atomic E-state index is 12.9. The quantitative estimate of drug-likeness (QED) is 0.805. The second-order valence-electron chi connectivity index (χ2n) is 7.94. The molecule has 0 N–H and O–H groups in total. The molecule has 2 heterocycles. The van der Waals surface area contributed by atoms with Crippen LogP contribution in [0.2, 0.25) is 0 Å². The number of hydrogen-bond donors (Lipinski definition) is 0. The summed E-state index contributed by atoms with van der Waals surface area (Å²) in [5, 5.41) is 7.96. The summed E-state index contributed by atoms with van der Waals surface area (Å²) in [6, 6.07) is 3.50. The molecule has 1 aliphatic carbocycles. The summed E-state index contributed by atoms with van der Waals surface area (Å²) >= 11 is 0. The maximum Gasteiger partial charge on any atom is 0.233 e. The summed E-state index contributed by atoms with van der Waals surface area (Å²) in [6.07, 6.45) is 6.34. The van der Waals surface area contributed by atoms with E-state index in [1.165, 1.54) is 12.8 Å². The molecule has 2 aliphatic rings. The van der Waals surface area contributed by atoms with E-state index in [1.54, 1.807) is 19.2 Å². The Bertz CT molecular complexity index is 582. The summed E-state index contributed by atoms with van der Waals surface area (Å²) in [4.78, 5) is 14.9. The molecule has 1 saturated carbocycles. The Kier molecular flexibility index (Phi) is 6.33. The topological polar surface area (TPSA) is 64.6 Å². The van der Waals surface area contributed by atoms with Crippen molar-refractivity contribution in [3.8, 4) is 11.8 Å². The highest BCUT2D eigenvalue weighted by Gasteiger charge is 2.33. The number of carbonyl (C=O) groups excluding carboxylic acids is 1. The molecule has 6 nitrogen and oxygen atoms in total. The Balaban J connectivity index is 1.52. The third kappa shape index (κ3) is 4.65. The molecule has 1 amide bonds. The van der Waals surface area contributed by atoms with E-state index in [-0.39, 0.29) is 12.0 Å². The molecule has 1 aromatic heterocycles. The Morgan fingerprint density at radius 2 is 1.81 bits per heavy atom. The highest BCUT2D eigenvalue weighted by atomic mass is 16.5. The van der Waals surface area contributed by atoms with Crippen LogP contribution in [0.5, 0.6) is 11.8 Å². The van der Waals surface area contributed by atoms with Gasteiger partial charge in [0.2, 0.25) is 17.7 Å². The van der Waals surface area contributed by atoms with E-state index in [2.05, 4.69) is 24.0 Å². The average molecular weight is 361 g/mol. The highest BCUT2D eigenvalue weighted by molar-refractivity contribution is 5.79. The molecular weight excluding hydrogens is 330 g/mol. The van der Waals surface area contributed by atoms with E-state index in [9.17, 15) is 4.79 Å². The first-order chi connectivity index (χ1) is 12.6. The van der Waals surface area contributed by atoms with Gasteiger partial charge in [-0.05, 0) is 50.4 Å². The van der Waals surface area contributed by atoms with Crippen LogP contribution in [-0.4, -0.2) is 47.3 Å². The van der Waals surface area contributed by atoms with E-state index in [1.807, 2.05) is 4.90 Å². The minimum atomic E-state index is -0.0117. The van der Waals surface area contributed by atoms with Crippen molar-refractivity contribution in [1.29, 1.82) is 0 Å². The Hall–Kier alpha value is -1.85. The number of amides is 1. The molecule has 3 rings (SSSR count). The van der Waals surface area contributed by atoms with Gasteiger partial charge < -0.3 is 14.4 Å². The average Bonchev–Trinajstić information content (AvgIpc) is 2.68. The van der Waals surface area contributed by atoms with Gasteiger partial charge in [0.15, 0.2) is 0 Å². The minimum Gasteiger partial charge on any atom is -0.480 e. The van der Waals surface area contributed by atoms with Crippen molar-refractivity contribution >= 4 is 5.91 Å². The molecule has 0 radical (unpaired) electrons. The fourth-order valence-electron chi connectivity index (χ4n) is 4.18. The molecule has 0 spiro atoms. The van der Waals surface area contributed by atoms with Gasteiger partial charge in [-0.15, -0.1) is 10.2 Å². The summed E-state index contributed by atoms with van der Waals surface area (Å²) < 4.78 is 11.0. The van der Waals surface area contributed by atoms with E-state index < -0.39 is 0 Å². The monoisotopic (exact) mass is 361 g/mol. The Morgan fingerprint density at radius 3 is 2.42 bits per heavy atom. The Morgan fingerprint density at radius 1 is 1.12 bits per heavy atom. The normalized spacial score (nSPS) is 26.6. The fourth-order valence-corrected chi connectivity index (χ4v) is 4.18. The van der Waals surface area contributed by atoms with Crippen molar-refractivity contribution in [2.24, 2.45) is 17.8 Å². The molecule has 1 unspecified atom stereocenters. The predicted octanol–water partition coefficient (Wildman–Crippen LogP) is 3.32. The van der Waals surface area contributed by atoms with Gasteiger partial charge in [-0.2, -0.15) is 0 Å². The van der Waals surface area contributed by atoms with Crippen molar-refractivity contribution in [1.82, 2.24) is 15.1 Å². The number of methoxy groups -OCH3 is 1. The molecule has 0 aromatic carbocycles. The lowest BCUT2D eigenvalue weighted by molar-refractivity contribution is -0.139. The fraction of sp³-hybridized carbons (Fsp3) is 0.750. The van der Waals surface area contributed by atoms with Crippen LogP contribution in [0.4, 0.5) is 0 Å². The molecule has 0 bridgehead atoms. The van der Waals surface area contributed by atoms with Gasteiger partial charge in [0.1, 0.15) is 6.10 Å². The van der Waals surface area contributed by atoms with Crippen LogP contribution in [0, 0.1) is 17.8 Å². The van der Waals surface area contributed by atoms with E-state index >= 15 is 0 Å². The number of piperidine rings is 1. The van der Waals surface area contributed by atoms with Gasteiger partial charge in [0, 0.05) is 24.6 Å². The van der Waals surface area contributed by atoms with Crippen LogP contribution < -0.4 is 9.47 Å². The van der Waals surface area contributed by atoms with Gasteiger partial charge in [-0.25, -0.2) is 0 Å². The van der Waals surface area contributed by atoms with E-state index in [0.29, 0.717) is 24.2 Å². The largest absolute Gasteiger partial charge is 0.480 e.